The number of carbonyl (C=O) groups is 3. The molecule has 30 heavy (non-hydrogen) atoms. The van der Waals surface area contributed by atoms with Crippen molar-refractivity contribution in [2.24, 2.45) is 0 Å². The number of rotatable bonds is 8. The van der Waals surface area contributed by atoms with E-state index in [1.165, 1.54) is 18.2 Å². The second-order valence-electron chi connectivity index (χ2n) is 6.86. The summed E-state index contributed by atoms with van der Waals surface area (Å²) in [5.74, 6) is -2.27. The van der Waals surface area contributed by atoms with Crippen molar-refractivity contribution in [3.63, 3.8) is 0 Å². The molecule has 0 aromatic heterocycles. The van der Waals surface area contributed by atoms with Gasteiger partial charge in [-0.05, 0) is 23.3 Å². The minimum absolute atomic E-state index is 0.0596. The van der Waals surface area contributed by atoms with Gasteiger partial charge in [0.05, 0.1) is 6.42 Å². The molecule has 6 heteroatoms. The Morgan fingerprint density at radius 3 is 2.13 bits per heavy atom. The van der Waals surface area contributed by atoms with Gasteiger partial charge in [-0.3, -0.25) is 9.59 Å². The Bertz CT molecular complexity index is 1050. The molecule has 0 saturated carbocycles. The highest BCUT2D eigenvalue weighted by Crippen LogP contribution is 2.13. The summed E-state index contributed by atoms with van der Waals surface area (Å²) in [6.07, 6.45) is -0.0594. The molecule has 1 amide bonds. The minimum Gasteiger partial charge on any atom is -0.480 e. The maximum atomic E-state index is 13.2. The SMILES string of the molecule is O=C(Cc1cccc(F)c1)N[C@@H](Cc1ccc(C(=O)c2ccccc2)cc1)C(=O)O. The average molecular weight is 405 g/mol. The third-order valence-electron chi connectivity index (χ3n) is 4.58. The number of carboxylic acid groups (broad SMARTS) is 1. The van der Waals surface area contributed by atoms with Crippen molar-refractivity contribution in [3.8, 4) is 0 Å². The van der Waals surface area contributed by atoms with Gasteiger partial charge in [-0.25, -0.2) is 9.18 Å². The van der Waals surface area contributed by atoms with E-state index in [9.17, 15) is 23.9 Å². The zero-order chi connectivity index (χ0) is 21.5. The molecule has 0 fully saturated rings. The smallest absolute Gasteiger partial charge is 0.326 e. The van der Waals surface area contributed by atoms with E-state index in [0.29, 0.717) is 22.3 Å². The van der Waals surface area contributed by atoms with Crippen LogP contribution in [0.4, 0.5) is 4.39 Å². The second-order valence-corrected chi connectivity index (χ2v) is 6.86. The minimum atomic E-state index is -1.17. The van der Waals surface area contributed by atoms with Gasteiger partial charge >= 0.3 is 5.97 Å². The molecular weight excluding hydrogens is 385 g/mol. The molecule has 3 rings (SSSR count). The molecule has 0 aliphatic carbocycles. The van der Waals surface area contributed by atoms with Crippen molar-refractivity contribution in [2.75, 3.05) is 0 Å². The van der Waals surface area contributed by atoms with Crippen LogP contribution in [-0.2, 0) is 22.4 Å². The first-order valence-corrected chi connectivity index (χ1v) is 9.37. The Balaban J connectivity index is 1.64. The lowest BCUT2D eigenvalue weighted by molar-refractivity contribution is -0.141. The zero-order valence-corrected chi connectivity index (χ0v) is 16.0. The van der Waals surface area contributed by atoms with Gasteiger partial charge in [-0.15, -0.1) is 0 Å². The standard InChI is InChI=1S/C24H20FNO4/c25-20-8-4-5-17(13-20)15-22(27)26-21(24(29)30)14-16-9-11-19(12-10-16)23(28)18-6-2-1-3-7-18/h1-13,21H,14-15H2,(H,26,27)(H,29,30)/t21-/m0/s1. The Kier molecular flexibility index (Phi) is 6.70. The number of hydrogen-bond donors (Lipinski definition) is 2. The van der Waals surface area contributed by atoms with Gasteiger partial charge < -0.3 is 10.4 Å². The number of hydrogen-bond acceptors (Lipinski definition) is 3. The molecule has 0 radical (unpaired) electrons. The van der Waals surface area contributed by atoms with E-state index < -0.39 is 23.7 Å². The molecule has 3 aromatic carbocycles. The van der Waals surface area contributed by atoms with Gasteiger partial charge in [0.1, 0.15) is 11.9 Å². The molecule has 0 saturated heterocycles. The second kappa shape index (κ2) is 9.60. The van der Waals surface area contributed by atoms with Crippen molar-refractivity contribution in [3.05, 3.63) is 107 Å². The number of nitrogens with one attached hydrogen (secondary N) is 1. The third-order valence-corrected chi connectivity index (χ3v) is 4.58. The fraction of sp³-hybridized carbons (Fsp3) is 0.125. The summed E-state index contributed by atoms with van der Waals surface area (Å²) >= 11 is 0. The number of carboxylic acids is 1. The molecule has 1 atom stereocenters. The van der Waals surface area contributed by atoms with Crippen LogP contribution >= 0.6 is 0 Å². The Morgan fingerprint density at radius 2 is 1.50 bits per heavy atom. The van der Waals surface area contributed by atoms with E-state index in [4.69, 9.17) is 0 Å². The number of halogens is 1. The lowest BCUT2D eigenvalue weighted by Gasteiger charge is -2.15. The van der Waals surface area contributed by atoms with Crippen LogP contribution in [0.25, 0.3) is 0 Å². The van der Waals surface area contributed by atoms with Crippen LogP contribution in [0.5, 0.6) is 0 Å². The van der Waals surface area contributed by atoms with Gasteiger partial charge in [0, 0.05) is 17.5 Å². The van der Waals surface area contributed by atoms with Crippen molar-refractivity contribution < 1.29 is 23.9 Å². The lowest BCUT2D eigenvalue weighted by atomic mass is 9.99. The molecule has 0 unspecified atom stereocenters. The maximum absolute atomic E-state index is 13.2. The van der Waals surface area contributed by atoms with Crippen LogP contribution in [0.1, 0.15) is 27.0 Å². The Labute approximate surface area is 173 Å². The van der Waals surface area contributed by atoms with Gasteiger partial charge in [0.2, 0.25) is 5.91 Å². The number of aliphatic carboxylic acids is 1. The largest absolute Gasteiger partial charge is 0.480 e. The first-order chi connectivity index (χ1) is 14.4. The van der Waals surface area contributed by atoms with Crippen LogP contribution in [0.2, 0.25) is 0 Å². The molecule has 152 valence electrons. The molecule has 0 aliphatic rings. The van der Waals surface area contributed by atoms with Crippen molar-refractivity contribution in [2.45, 2.75) is 18.9 Å². The monoisotopic (exact) mass is 405 g/mol. The molecule has 0 aliphatic heterocycles. The van der Waals surface area contributed by atoms with E-state index in [-0.39, 0.29) is 18.6 Å². The van der Waals surface area contributed by atoms with Crippen LogP contribution < -0.4 is 5.32 Å². The maximum Gasteiger partial charge on any atom is 0.326 e. The first-order valence-electron chi connectivity index (χ1n) is 9.37. The van der Waals surface area contributed by atoms with Gasteiger partial charge in [-0.1, -0.05) is 66.7 Å². The molecule has 0 bridgehead atoms. The normalized spacial score (nSPS) is 11.5. The Hall–Kier alpha value is -3.80. The number of amides is 1. The van der Waals surface area contributed by atoms with E-state index in [0.717, 1.165) is 0 Å². The van der Waals surface area contributed by atoms with Crippen LogP contribution in [-0.4, -0.2) is 28.8 Å². The summed E-state index contributed by atoms with van der Waals surface area (Å²) in [7, 11) is 0. The van der Waals surface area contributed by atoms with Crippen molar-refractivity contribution >= 4 is 17.7 Å². The summed E-state index contributed by atoms with van der Waals surface area (Å²) < 4.78 is 13.2. The lowest BCUT2D eigenvalue weighted by Crippen LogP contribution is -2.43. The fourth-order valence-electron chi connectivity index (χ4n) is 3.06. The first kappa shape index (κ1) is 20.9. The number of carbonyl (C=O) groups excluding carboxylic acids is 2. The average Bonchev–Trinajstić information content (AvgIpc) is 2.74. The van der Waals surface area contributed by atoms with Crippen LogP contribution in [0, 0.1) is 5.82 Å². The molecule has 5 nitrogen and oxygen atoms in total. The molecule has 0 spiro atoms. The van der Waals surface area contributed by atoms with Crippen LogP contribution in [0.15, 0.2) is 78.9 Å². The highest BCUT2D eigenvalue weighted by molar-refractivity contribution is 6.08. The predicted molar refractivity (Wildman–Crippen MR) is 110 cm³/mol. The predicted octanol–water partition coefficient (Wildman–Crippen LogP) is 3.41. The highest BCUT2D eigenvalue weighted by Gasteiger charge is 2.21. The van der Waals surface area contributed by atoms with E-state index in [1.807, 2.05) is 6.07 Å². The highest BCUT2D eigenvalue weighted by atomic mass is 19.1. The van der Waals surface area contributed by atoms with Crippen molar-refractivity contribution in [1.82, 2.24) is 5.32 Å². The van der Waals surface area contributed by atoms with Gasteiger partial charge in [0.25, 0.3) is 0 Å². The molecule has 0 heterocycles. The third kappa shape index (κ3) is 5.61. The summed E-state index contributed by atoms with van der Waals surface area (Å²) in [5.41, 5.74) is 2.18. The van der Waals surface area contributed by atoms with Crippen LogP contribution in [0.3, 0.4) is 0 Å². The van der Waals surface area contributed by atoms with E-state index >= 15 is 0 Å². The van der Waals surface area contributed by atoms with Crippen molar-refractivity contribution in [1.29, 1.82) is 0 Å². The summed E-state index contributed by atoms with van der Waals surface area (Å²) in [6, 6.07) is 19.9. The van der Waals surface area contributed by atoms with Gasteiger partial charge in [-0.2, -0.15) is 0 Å². The summed E-state index contributed by atoms with van der Waals surface area (Å²) in [6.45, 7) is 0. The molecule has 3 aromatic rings. The van der Waals surface area contributed by atoms with E-state index in [2.05, 4.69) is 5.32 Å². The quantitative estimate of drug-likeness (QED) is 0.563. The Morgan fingerprint density at radius 1 is 0.833 bits per heavy atom. The number of ketones is 1. The topological polar surface area (TPSA) is 83.5 Å². The number of benzene rings is 3. The fourth-order valence-corrected chi connectivity index (χ4v) is 3.06. The molecular formula is C24H20FNO4. The molecule has 2 N–H and O–H groups in total. The zero-order valence-electron chi connectivity index (χ0n) is 16.0. The van der Waals surface area contributed by atoms with Gasteiger partial charge in [0.15, 0.2) is 5.78 Å². The summed E-state index contributed by atoms with van der Waals surface area (Å²) in [4.78, 5) is 36.2. The summed E-state index contributed by atoms with van der Waals surface area (Å²) in [5, 5.41) is 11.9. The van der Waals surface area contributed by atoms with E-state index in [1.54, 1.807) is 54.6 Å².